The second-order valence-electron chi connectivity index (χ2n) is 6.12. The standard InChI is InChI=1S/C17H22N4OS/c1-3-12-6-4-7-13(10-12)21-16(22)14-11(2)20-17(23-14)15-18-8-5-9-19-15/h5,8-9,12-13H,3-4,6-7,10H2,1-2H3,(H,21,22). The molecule has 2 aromatic rings. The summed E-state index contributed by atoms with van der Waals surface area (Å²) in [5, 5.41) is 3.89. The van der Waals surface area contributed by atoms with E-state index in [0.717, 1.165) is 24.5 Å². The van der Waals surface area contributed by atoms with Gasteiger partial charge in [-0.15, -0.1) is 11.3 Å². The third kappa shape index (κ3) is 3.75. The van der Waals surface area contributed by atoms with Crippen LogP contribution in [0, 0.1) is 12.8 Å². The third-order valence-corrected chi connectivity index (χ3v) is 5.61. The summed E-state index contributed by atoms with van der Waals surface area (Å²) in [6, 6.07) is 2.06. The molecule has 6 heteroatoms. The largest absolute Gasteiger partial charge is 0.349 e. The van der Waals surface area contributed by atoms with Crippen LogP contribution in [0.1, 0.15) is 54.4 Å². The molecule has 2 atom stereocenters. The molecule has 0 bridgehead atoms. The average Bonchev–Trinajstić information content (AvgIpc) is 2.98. The lowest BCUT2D eigenvalue weighted by Crippen LogP contribution is -2.38. The minimum Gasteiger partial charge on any atom is -0.349 e. The number of carbonyl (C=O) groups excluding carboxylic acids is 1. The first-order valence-corrected chi connectivity index (χ1v) is 9.04. The molecule has 0 saturated heterocycles. The van der Waals surface area contributed by atoms with E-state index in [0.29, 0.717) is 21.8 Å². The van der Waals surface area contributed by atoms with Crippen molar-refractivity contribution in [3.8, 4) is 10.8 Å². The van der Waals surface area contributed by atoms with Crippen molar-refractivity contribution in [2.75, 3.05) is 0 Å². The highest BCUT2D eigenvalue weighted by atomic mass is 32.1. The molecule has 1 amide bonds. The molecule has 1 N–H and O–H groups in total. The zero-order valence-corrected chi connectivity index (χ0v) is 14.4. The zero-order valence-electron chi connectivity index (χ0n) is 13.6. The van der Waals surface area contributed by atoms with Gasteiger partial charge >= 0.3 is 0 Å². The molecular formula is C17H22N4OS. The van der Waals surface area contributed by atoms with Crippen molar-refractivity contribution in [1.82, 2.24) is 20.3 Å². The molecule has 1 saturated carbocycles. The molecule has 1 aliphatic carbocycles. The molecule has 0 aliphatic heterocycles. The fourth-order valence-electron chi connectivity index (χ4n) is 3.16. The lowest BCUT2D eigenvalue weighted by atomic mass is 9.84. The Labute approximate surface area is 140 Å². The van der Waals surface area contributed by atoms with Crippen molar-refractivity contribution in [3.63, 3.8) is 0 Å². The van der Waals surface area contributed by atoms with Crippen LogP contribution in [0.2, 0.25) is 0 Å². The summed E-state index contributed by atoms with van der Waals surface area (Å²) >= 11 is 1.37. The minimum atomic E-state index is -0.0102. The summed E-state index contributed by atoms with van der Waals surface area (Å²) < 4.78 is 0. The van der Waals surface area contributed by atoms with Gasteiger partial charge in [0.05, 0.1) is 5.69 Å². The van der Waals surface area contributed by atoms with E-state index in [2.05, 4.69) is 27.2 Å². The predicted octanol–water partition coefficient (Wildman–Crippen LogP) is 3.61. The summed E-state index contributed by atoms with van der Waals surface area (Å²) in [5.74, 6) is 1.30. The maximum atomic E-state index is 12.6. The number of hydrogen-bond donors (Lipinski definition) is 1. The lowest BCUT2D eigenvalue weighted by Gasteiger charge is -2.28. The number of nitrogens with one attached hydrogen (secondary N) is 1. The average molecular weight is 330 g/mol. The number of aryl methyl sites for hydroxylation is 1. The topological polar surface area (TPSA) is 67.8 Å². The van der Waals surface area contributed by atoms with Crippen LogP contribution in [0.3, 0.4) is 0 Å². The zero-order chi connectivity index (χ0) is 16.2. The van der Waals surface area contributed by atoms with Gasteiger partial charge in [-0.2, -0.15) is 0 Å². The monoisotopic (exact) mass is 330 g/mol. The highest BCUT2D eigenvalue weighted by molar-refractivity contribution is 7.17. The Bertz CT molecular complexity index is 670. The first-order chi connectivity index (χ1) is 11.2. The van der Waals surface area contributed by atoms with Crippen LogP contribution >= 0.6 is 11.3 Å². The van der Waals surface area contributed by atoms with Crippen molar-refractivity contribution < 1.29 is 4.79 Å². The Balaban J connectivity index is 1.71. The van der Waals surface area contributed by atoms with Gasteiger partial charge in [-0.1, -0.05) is 26.2 Å². The summed E-state index contributed by atoms with van der Waals surface area (Å²) in [6.07, 6.45) is 9.23. The van der Waals surface area contributed by atoms with Crippen LogP contribution in [0.15, 0.2) is 18.5 Å². The van der Waals surface area contributed by atoms with E-state index in [-0.39, 0.29) is 5.91 Å². The van der Waals surface area contributed by atoms with E-state index in [1.165, 1.54) is 30.6 Å². The molecule has 0 radical (unpaired) electrons. The predicted molar refractivity (Wildman–Crippen MR) is 91.4 cm³/mol. The molecular weight excluding hydrogens is 308 g/mol. The number of nitrogens with zero attached hydrogens (tertiary/aromatic N) is 3. The van der Waals surface area contributed by atoms with Crippen LogP contribution in [0.4, 0.5) is 0 Å². The first kappa shape index (κ1) is 16.1. The van der Waals surface area contributed by atoms with Crippen LogP contribution in [0.5, 0.6) is 0 Å². The van der Waals surface area contributed by atoms with E-state index in [1.807, 2.05) is 6.92 Å². The number of hydrogen-bond acceptors (Lipinski definition) is 5. The maximum absolute atomic E-state index is 12.6. The molecule has 122 valence electrons. The van der Waals surface area contributed by atoms with Crippen LogP contribution in [0.25, 0.3) is 10.8 Å². The van der Waals surface area contributed by atoms with Crippen LogP contribution < -0.4 is 5.32 Å². The van der Waals surface area contributed by atoms with Gasteiger partial charge in [0.25, 0.3) is 5.91 Å². The van der Waals surface area contributed by atoms with E-state index in [9.17, 15) is 4.79 Å². The third-order valence-electron chi connectivity index (χ3n) is 4.46. The summed E-state index contributed by atoms with van der Waals surface area (Å²) in [6.45, 7) is 4.10. The first-order valence-electron chi connectivity index (χ1n) is 8.23. The lowest BCUT2D eigenvalue weighted by molar-refractivity contribution is 0.0922. The Kier molecular flexibility index (Phi) is 5.00. The molecule has 0 aromatic carbocycles. The fraction of sp³-hybridized carbons (Fsp3) is 0.529. The van der Waals surface area contributed by atoms with Crippen molar-refractivity contribution in [2.24, 2.45) is 5.92 Å². The number of thiazole rings is 1. The Hall–Kier alpha value is -1.82. The van der Waals surface area contributed by atoms with Gasteiger partial charge < -0.3 is 5.32 Å². The van der Waals surface area contributed by atoms with Crippen LogP contribution in [-0.2, 0) is 0 Å². The number of carbonyl (C=O) groups is 1. The molecule has 1 aliphatic rings. The van der Waals surface area contributed by atoms with E-state index >= 15 is 0 Å². The molecule has 2 heterocycles. The fourth-order valence-corrected chi connectivity index (χ4v) is 4.07. The van der Waals surface area contributed by atoms with Crippen molar-refractivity contribution in [2.45, 2.75) is 52.0 Å². The summed E-state index contributed by atoms with van der Waals surface area (Å²) in [5.41, 5.74) is 0.748. The summed E-state index contributed by atoms with van der Waals surface area (Å²) in [7, 11) is 0. The number of rotatable bonds is 4. The van der Waals surface area contributed by atoms with Crippen molar-refractivity contribution in [1.29, 1.82) is 0 Å². The number of amides is 1. The quantitative estimate of drug-likeness (QED) is 0.930. The van der Waals surface area contributed by atoms with Gasteiger partial charge in [-0.25, -0.2) is 15.0 Å². The molecule has 3 rings (SSSR count). The summed E-state index contributed by atoms with van der Waals surface area (Å²) in [4.78, 5) is 26.1. The van der Waals surface area contributed by atoms with Gasteiger partial charge in [-0.05, 0) is 31.7 Å². The highest BCUT2D eigenvalue weighted by Crippen LogP contribution is 2.28. The molecule has 0 spiro atoms. The molecule has 2 aromatic heterocycles. The van der Waals surface area contributed by atoms with Gasteiger partial charge in [-0.3, -0.25) is 4.79 Å². The molecule has 2 unspecified atom stereocenters. The Morgan fingerprint density at radius 3 is 2.87 bits per heavy atom. The highest BCUT2D eigenvalue weighted by Gasteiger charge is 2.24. The smallest absolute Gasteiger partial charge is 0.263 e. The maximum Gasteiger partial charge on any atom is 0.263 e. The van der Waals surface area contributed by atoms with Gasteiger partial charge in [0.15, 0.2) is 10.8 Å². The van der Waals surface area contributed by atoms with E-state index in [1.54, 1.807) is 18.5 Å². The normalized spacial score (nSPS) is 21.1. The Morgan fingerprint density at radius 2 is 2.13 bits per heavy atom. The minimum absolute atomic E-state index is 0.0102. The van der Waals surface area contributed by atoms with Gasteiger partial charge in [0.2, 0.25) is 0 Å². The van der Waals surface area contributed by atoms with E-state index < -0.39 is 0 Å². The molecule has 1 fully saturated rings. The molecule has 5 nitrogen and oxygen atoms in total. The van der Waals surface area contributed by atoms with Gasteiger partial charge in [0.1, 0.15) is 4.88 Å². The van der Waals surface area contributed by atoms with Crippen LogP contribution in [-0.4, -0.2) is 26.9 Å². The second kappa shape index (κ2) is 7.17. The van der Waals surface area contributed by atoms with E-state index in [4.69, 9.17) is 0 Å². The second-order valence-corrected chi connectivity index (χ2v) is 7.12. The number of aromatic nitrogens is 3. The van der Waals surface area contributed by atoms with Crippen molar-refractivity contribution >= 4 is 17.2 Å². The molecule has 23 heavy (non-hydrogen) atoms. The van der Waals surface area contributed by atoms with Gasteiger partial charge in [0, 0.05) is 18.4 Å². The van der Waals surface area contributed by atoms with Crippen molar-refractivity contribution in [3.05, 3.63) is 29.0 Å². The SMILES string of the molecule is CCC1CCCC(NC(=O)c2sc(-c3ncccn3)nc2C)C1. The Morgan fingerprint density at radius 1 is 1.35 bits per heavy atom.